The second-order valence-corrected chi connectivity index (χ2v) is 6.47. The minimum atomic E-state index is -0.944. The summed E-state index contributed by atoms with van der Waals surface area (Å²) < 4.78 is 0. The fourth-order valence-electron chi connectivity index (χ4n) is 1.85. The number of carboxylic acid groups (broad SMARTS) is 1. The normalized spacial score (nSPS) is 12.1. The highest BCUT2D eigenvalue weighted by Gasteiger charge is 2.22. The van der Waals surface area contributed by atoms with Crippen LogP contribution in [0.25, 0.3) is 0 Å². The Morgan fingerprint density at radius 2 is 2.20 bits per heavy atom. The molecule has 2 rings (SSSR count). The van der Waals surface area contributed by atoms with Crippen LogP contribution in [0.5, 0.6) is 0 Å². The van der Waals surface area contributed by atoms with Gasteiger partial charge in [0, 0.05) is 4.88 Å². The quantitative estimate of drug-likeness (QED) is 0.890. The van der Waals surface area contributed by atoms with Crippen LogP contribution in [0.2, 0.25) is 0 Å². The van der Waals surface area contributed by atoms with E-state index < -0.39 is 12.0 Å². The molecule has 0 unspecified atom stereocenters. The number of thiophene rings is 1. The van der Waals surface area contributed by atoms with Crippen LogP contribution in [0.15, 0.2) is 17.5 Å². The standard InChI is InChI=1S/C13H14N2O3S2/c1-7-12(20-8(2)14-7)13(18)15-9(6-11(16)17)10-4-3-5-19-10/h3-5,9H,6H2,1-2H3,(H,15,18)(H,16,17)/t9-/m0/s1. The van der Waals surface area contributed by atoms with E-state index in [1.807, 2.05) is 24.4 Å². The molecule has 0 aliphatic carbocycles. The van der Waals surface area contributed by atoms with Crippen LogP contribution in [0, 0.1) is 13.8 Å². The molecule has 7 heteroatoms. The third kappa shape index (κ3) is 3.43. The summed E-state index contributed by atoms with van der Waals surface area (Å²) in [5.41, 5.74) is 0.672. The lowest BCUT2D eigenvalue weighted by atomic mass is 10.1. The molecule has 2 N–H and O–H groups in total. The third-order valence-corrected chi connectivity index (χ3v) is 4.74. The third-order valence-electron chi connectivity index (χ3n) is 2.68. The lowest BCUT2D eigenvalue weighted by Gasteiger charge is -2.15. The lowest BCUT2D eigenvalue weighted by molar-refractivity contribution is -0.137. The minimum absolute atomic E-state index is 0.136. The molecule has 2 heterocycles. The van der Waals surface area contributed by atoms with Gasteiger partial charge in [-0.1, -0.05) is 6.07 Å². The summed E-state index contributed by atoms with van der Waals surface area (Å²) in [6, 6.07) is 3.15. The Labute approximate surface area is 124 Å². The number of nitrogens with zero attached hydrogens (tertiary/aromatic N) is 1. The van der Waals surface area contributed by atoms with Crippen molar-refractivity contribution in [2.45, 2.75) is 26.3 Å². The zero-order chi connectivity index (χ0) is 14.7. The first kappa shape index (κ1) is 14.7. The molecular formula is C13H14N2O3S2. The van der Waals surface area contributed by atoms with E-state index in [0.717, 1.165) is 9.88 Å². The minimum Gasteiger partial charge on any atom is -0.481 e. The highest BCUT2D eigenvalue weighted by molar-refractivity contribution is 7.13. The molecule has 0 aromatic carbocycles. The predicted molar refractivity (Wildman–Crippen MR) is 78.4 cm³/mol. The number of nitrogens with one attached hydrogen (secondary N) is 1. The first-order valence-corrected chi connectivity index (χ1v) is 7.67. The SMILES string of the molecule is Cc1nc(C)c(C(=O)N[C@@H](CC(=O)O)c2cccs2)s1. The molecule has 0 radical (unpaired) electrons. The van der Waals surface area contributed by atoms with Crippen molar-refractivity contribution in [1.29, 1.82) is 0 Å². The van der Waals surface area contributed by atoms with Crippen molar-refractivity contribution in [3.8, 4) is 0 Å². The van der Waals surface area contributed by atoms with E-state index in [4.69, 9.17) is 5.11 Å². The molecule has 0 fully saturated rings. The van der Waals surface area contributed by atoms with Gasteiger partial charge >= 0.3 is 5.97 Å². The van der Waals surface area contributed by atoms with E-state index in [2.05, 4.69) is 10.3 Å². The summed E-state index contributed by atoms with van der Waals surface area (Å²) in [4.78, 5) is 28.8. The summed E-state index contributed by atoms with van der Waals surface area (Å²) in [6.45, 7) is 3.61. The maximum atomic E-state index is 12.2. The van der Waals surface area contributed by atoms with Crippen molar-refractivity contribution in [2.75, 3.05) is 0 Å². The van der Waals surface area contributed by atoms with Crippen LogP contribution in [-0.4, -0.2) is 22.0 Å². The molecule has 2 aromatic heterocycles. The smallest absolute Gasteiger partial charge is 0.305 e. The first-order chi connectivity index (χ1) is 9.47. The van der Waals surface area contributed by atoms with Gasteiger partial charge in [0.15, 0.2) is 0 Å². The molecule has 106 valence electrons. The number of hydrogen-bond donors (Lipinski definition) is 2. The maximum Gasteiger partial charge on any atom is 0.305 e. The van der Waals surface area contributed by atoms with Gasteiger partial charge in [0.05, 0.1) is 23.2 Å². The molecule has 1 amide bonds. The second-order valence-electron chi connectivity index (χ2n) is 4.29. The van der Waals surface area contributed by atoms with Crippen molar-refractivity contribution in [3.05, 3.63) is 38.0 Å². The molecule has 20 heavy (non-hydrogen) atoms. The van der Waals surface area contributed by atoms with Crippen molar-refractivity contribution in [2.24, 2.45) is 0 Å². The van der Waals surface area contributed by atoms with Crippen LogP contribution in [-0.2, 0) is 4.79 Å². The molecule has 0 saturated carbocycles. The molecular weight excluding hydrogens is 296 g/mol. The number of thiazole rings is 1. The van der Waals surface area contributed by atoms with Crippen LogP contribution in [0.1, 0.15) is 37.7 Å². The van der Waals surface area contributed by atoms with E-state index in [0.29, 0.717) is 10.6 Å². The van der Waals surface area contributed by atoms with Gasteiger partial charge in [0.2, 0.25) is 0 Å². The number of carboxylic acids is 1. The number of aromatic nitrogens is 1. The molecule has 2 aromatic rings. The van der Waals surface area contributed by atoms with Gasteiger partial charge < -0.3 is 10.4 Å². The fourth-order valence-corrected chi connectivity index (χ4v) is 3.45. The summed E-state index contributed by atoms with van der Waals surface area (Å²) >= 11 is 2.74. The molecule has 0 bridgehead atoms. The predicted octanol–water partition coefficient (Wildman–Crippen LogP) is 2.77. The Balaban J connectivity index is 2.17. The largest absolute Gasteiger partial charge is 0.481 e. The Morgan fingerprint density at radius 1 is 1.45 bits per heavy atom. The van der Waals surface area contributed by atoms with Gasteiger partial charge in [-0.3, -0.25) is 9.59 Å². The lowest BCUT2D eigenvalue weighted by Crippen LogP contribution is -2.29. The number of amides is 1. The fraction of sp³-hybridized carbons (Fsp3) is 0.308. The van der Waals surface area contributed by atoms with Gasteiger partial charge in [-0.25, -0.2) is 4.98 Å². The van der Waals surface area contributed by atoms with Crippen LogP contribution >= 0.6 is 22.7 Å². The van der Waals surface area contributed by atoms with Crippen molar-refractivity contribution >= 4 is 34.6 Å². The average molecular weight is 310 g/mol. The molecule has 0 spiro atoms. The molecule has 5 nitrogen and oxygen atoms in total. The Kier molecular flexibility index (Phi) is 4.51. The summed E-state index contributed by atoms with van der Waals surface area (Å²) in [7, 11) is 0. The van der Waals surface area contributed by atoms with Crippen LogP contribution < -0.4 is 5.32 Å². The van der Waals surface area contributed by atoms with Gasteiger partial charge in [-0.2, -0.15) is 0 Å². The second kappa shape index (κ2) is 6.15. The van der Waals surface area contributed by atoms with Crippen LogP contribution in [0.3, 0.4) is 0 Å². The van der Waals surface area contributed by atoms with E-state index in [9.17, 15) is 9.59 Å². The Bertz CT molecular complexity index is 620. The number of aliphatic carboxylic acids is 1. The molecule has 0 aliphatic heterocycles. The average Bonchev–Trinajstić information content (AvgIpc) is 2.97. The Morgan fingerprint density at radius 3 is 2.70 bits per heavy atom. The first-order valence-electron chi connectivity index (χ1n) is 5.97. The highest BCUT2D eigenvalue weighted by atomic mass is 32.1. The van der Waals surface area contributed by atoms with E-state index in [1.165, 1.54) is 22.7 Å². The van der Waals surface area contributed by atoms with E-state index >= 15 is 0 Å². The van der Waals surface area contributed by atoms with Gasteiger partial charge in [-0.05, 0) is 25.3 Å². The number of rotatable bonds is 5. The highest BCUT2D eigenvalue weighted by Crippen LogP contribution is 2.24. The number of carbonyl (C=O) groups excluding carboxylic acids is 1. The monoisotopic (exact) mass is 310 g/mol. The van der Waals surface area contributed by atoms with Crippen molar-refractivity contribution in [3.63, 3.8) is 0 Å². The van der Waals surface area contributed by atoms with Crippen molar-refractivity contribution in [1.82, 2.24) is 10.3 Å². The van der Waals surface area contributed by atoms with Gasteiger partial charge in [0.25, 0.3) is 5.91 Å². The zero-order valence-corrected chi connectivity index (χ0v) is 12.7. The van der Waals surface area contributed by atoms with Crippen LogP contribution in [0.4, 0.5) is 0 Å². The number of carbonyl (C=O) groups is 2. The number of aryl methyl sites for hydroxylation is 2. The summed E-state index contributed by atoms with van der Waals surface area (Å²) in [6.07, 6.45) is -0.136. The Hall–Kier alpha value is -1.73. The zero-order valence-electron chi connectivity index (χ0n) is 11.0. The van der Waals surface area contributed by atoms with Gasteiger partial charge in [-0.15, -0.1) is 22.7 Å². The van der Waals surface area contributed by atoms with Crippen molar-refractivity contribution < 1.29 is 14.7 Å². The van der Waals surface area contributed by atoms with E-state index in [1.54, 1.807) is 6.92 Å². The van der Waals surface area contributed by atoms with Gasteiger partial charge in [0.1, 0.15) is 4.88 Å². The van der Waals surface area contributed by atoms with E-state index in [-0.39, 0.29) is 12.3 Å². The topological polar surface area (TPSA) is 79.3 Å². The molecule has 0 aliphatic rings. The molecule has 1 atom stereocenters. The summed E-state index contributed by atoms with van der Waals surface area (Å²) in [5.74, 6) is -1.21. The number of hydrogen-bond acceptors (Lipinski definition) is 5. The molecule has 0 saturated heterocycles. The maximum absolute atomic E-state index is 12.2. The summed E-state index contributed by atoms with van der Waals surface area (Å²) in [5, 5.41) is 14.4.